The molecule has 4 N–H and O–H groups in total. The van der Waals surface area contributed by atoms with Gasteiger partial charge in [-0.05, 0) is 41.8 Å². The van der Waals surface area contributed by atoms with Gasteiger partial charge in [0.05, 0.1) is 18.7 Å². The van der Waals surface area contributed by atoms with Crippen molar-refractivity contribution in [3.63, 3.8) is 0 Å². The molecule has 0 spiro atoms. The Kier molecular flexibility index (Phi) is 5.51. The lowest BCUT2D eigenvalue weighted by Gasteiger charge is -2.32. The number of aliphatic hydroxyl groups is 2. The van der Waals surface area contributed by atoms with Gasteiger partial charge in [0.1, 0.15) is 5.69 Å². The zero-order valence-corrected chi connectivity index (χ0v) is 17.1. The highest BCUT2D eigenvalue weighted by atomic mass is 35.5. The molecule has 0 radical (unpaired) electrons. The number of aliphatic hydroxyl groups excluding tert-OH is 2. The quantitative estimate of drug-likeness (QED) is 0.500. The fourth-order valence-corrected chi connectivity index (χ4v) is 4.29. The van der Waals surface area contributed by atoms with Gasteiger partial charge in [-0.25, -0.2) is 0 Å². The number of halogens is 1. The summed E-state index contributed by atoms with van der Waals surface area (Å²) in [5.74, 6) is -0.896. The molecule has 3 aromatic rings. The van der Waals surface area contributed by atoms with Crippen LogP contribution in [0.3, 0.4) is 0 Å². The van der Waals surface area contributed by atoms with Gasteiger partial charge in [-0.2, -0.15) is 0 Å². The Morgan fingerprint density at radius 2 is 2.03 bits per heavy atom. The Bertz CT molecular complexity index is 1110. The zero-order valence-electron chi connectivity index (χ0n) is 16.3. The number of likely N-dealkylation sites (N-methyl/N-ethyl adjacent to an activating group) is 1. The predicted octanol–water partition coefficient (Wildman–Crippen LogP) is 2.03. The second-order valence-electron chi connectivity index (χ2n) is 7.49. The van der Waals surface area contributed by atoms with Gasteiger partial charge in [0.2, 0.25) is 0 Å². The first kappa shape index (κ1) is 20.4. The van der Waals surface area contributed by atoms with Gasteiger partial charge >= 0.3 is 0 Å². The highest BCUT2D eigenvalue weighted by molar-refractivity contribution is 6.31. The Hall–Kier alpha value is -2.87. The number of amides is 2. The van der Waals surface area contributed by atoms with E-state index in [1.165, 1.54) is 4.90 Å². The fraction of sp³-hybridized carbons (Fsp3) is 0.273. The molecule has 2 amide bonds. The lowest BCUT2D eigenvalue weighted by molar-refractivity contribution is -0.143. The Morgan fingerprint density at radius 3 is 2.80 bits per heavy atom. The maximum Gasteiger partial charge on any atom is 0.268 e. The van der Waals surface area contributed by atoms with E-state index in [2.05, 4.69) is 10.3 Å². The minimum atomic E-state index is -1.50. The van der Waals surface area contributed by atoms with Crippen molar-refractivity contribution < 1.29 is 19.8 Å². The van der Waals surface area contributed by atoms with Gasteiger partial charge in [0.25, 0.3) is 11.8 Å². The molecule has 30 heavy (non-hydrogen) atoms. The first-order valence-corrected chi connectivity index (χ1v) is 9.99. The second kappa shape index (κ2) is 8.10. The smallest absolute Gasteiger partial charge is 0.268 e. The molecule has 7 nitrogen and oxygen atoms in total. The van der Waals surface area contributed by atoms with E-state index < -0.39 is 24.7 Å². The normalized spacial score (nSPS) is 18.8. The molecule has 2 aromatic carbocycles. The first-order valence-electron chi connectivity index (χ1n) is 9.61. The fourth-order valence-electron chi connectivity index (χ4n) is 4.10. The maximum atomic E-state index is 13.0. The topological polar surface area (TPSA) is 106 Å². The van der Waals surface area contributed by atoms with E-state index in [4.69, 9.17) is 16.7 Å². The number of hydrogen-bond acceptors (Lipinski definition) is 4. The highest BCUT2D eigenvalue weighted by Crippen LogP contribution is 2.36. The van der Waals surface area contributed by atoms with Crippen molar-refractivity contribution in [1.82, 2.24) is 15.2 Å². The van der Waals surface area contributed by atoms with E-state index in [1.54, 1.807) is 25.2 Å². The highest BCUT2D eigenvalue weighted by Gasteiger charge is 2.39. The average Bonchev–Trinajstić information content (AvgIpc) is 3.32. The summed E-state index contributed by atoms with van der Waals surface area (Å²) in [6.07, 6.45) is -0.955. The third kappa shape index (κ3) is 3.67. The molecule has 0 saturated carbocycles. The van der Waals surface area contributed by atoms with Crippen molar-refractivity contribution in [2.24, 2.45) is 0 Å². The molecule has 0 fully saturated rings. The number of fused-ring (bicyclic) bond motifs is 2. The summed E-state index contributed by atoms with van der Waals surface area (Å²) in [7, 11) is 1.57. The van der Waals surface area contributed by atoms with Gasteiger partial charge in [-0.15, -0.1) is 0 Å². The van der Waals surface area contributed by atoms with Crippen LogP contribution < -0.4 is 5.32 Å². The van der Waals surface area contributed by atoms with Crippen LogP contribution in [0.1, 0.15) is 27.7 Å². The van der Waals surface area contributed by atoms with E-state index in [0.29, 0.717) is 17.1 Å². The molecule has 1 aliphatic carbocycles. The molecular formula is C22H22ClN3O4. The Balaban J connectivity index is 1.61. The summed E-state index contributed by atoms with van der Waals surface area (Å²) in [4.78, 5) is 30.0. The van der Waals surface area contributed by atoms with Gasteiger partial charge < -0.3 is 25.4 Å². The molecule has 1 heterocycles. The molecule has 0 bridgehead atoms. The summed E-state index contributed by atoms with van der Waals surface area (Å²) < 4.78 is 0. The first-order chi connectivity index (χ1) is 14.4. The SMILES string of the molecule is CN(C(=O)[C@H](O)CO)[C@H]1c2ccccc2C[C@H]1NC(=O)c1cc2cc(Cl)ccc2[nH]1. The Morgan fingerprint density at radius 1 is 1.27 bits per heavy atom. The average molecular weight is 428 g/mol. The zero-order chi connectivity index (χ0) is 21.4. The standard InChI is InChI=1S/C22H22ClN3O4/c1-26(22(30)19(28)11-27)20-15-5-3-2-4-12(15)9-17(20)25-21(29)18-10-13-8-14(23)6-7-16(13)24-18/h2-8,10,17,19-20,24,27-28H,9,11H2,1H3,(H,25,29)/t17-,19-,20+/m1/s1. The monoisotopic (exact) mass is 427 g/mol. The molecule has 156 valence electrons. The van der Waals surface area contributed by atoms with Gasteiger partial charge in [-0.1, -0.05) is 35.9 Å². The molecule has 4 rings (SSSR count). The van der Waals surface area contributed by atoms with Crippen LogP contribution in [0, 0.1) is 0 Å². The molecule has 8 heteroatoms. The molecule has 0 unspecified atom stereocenters. The number of carbonyl (C=O) groups excluding carboxylic acids is 2. The summed E-state index contributed by atoms with van der Waals surface area (Å²) in [5, 5.41) is 23.4. The van der Waals surface area contributed by atoms with Crippen molar-refractivity contribution in [2.75, 3.05) is 13.7 Å². The number of nitrogens with one attached hydrogen (secondary N) is 2. The van der Waals surface area contributed by atoms with E-state index in [-0.39, 0.29) is 11.9 Å². The largest absolute Gasteiger partial charge is 0.393 e. The Labute approximate surface area is 178 Å². The maximum absolute atomic E-state index is 13.0. The number of hydrogen-bond donors (Lipinski definition) is 4. The summed E-state index contributed by atoms with van der Waals surface area (Å²) >= 11 is 6.03. The summed E-state index contributed by atoms with van der Waals surface area (Å²) in [6.45, 7) is -0.661. The third-order valence-electron chi connectivity index (χ3n) is 5.56. The van der Waals surface area contributed by atoms with Gasteiger partial charge in [-0.3, -0.25) is 9.59 Å². The van der Waals surface area contributed by atoms with Crippen molar-refractivity contribution in [3.8, 4) is 0 Å². The summed E-state index contributed by atoms with van der Waals surface area (Å²) in [5.41, 5.74) is 3.13. The van der Waals surface area contributed by atoms with Crippen LogP contribution in [0.2, 0.25) is 5.02 Å². The van der Waals surface area contributed by atoms with E-state index in [0.717, 1.165) is 22.0 Å². The van der Waals surface area contributed by atoms with Crippen LogP contribution >= 0.6 is 11.6 Å². The minimum Gasteiger partial charge on any atom is -0.393 e. The number of benzene rings is 2. The molecule has 0 saturated heterocycles. The molecule has 0 aliphatic heterocycles. The molecule has 1 aromatic heterocycles. The van der Waals surface area contributed by atoms with Crippen LogP contribution in [-0.4, -0.2) is 57.7 Å². The minimum absolute atomic E-state index is 0.298. The van der Waals surface area contributed by atoms with Crippen molar-refractivity contribution in [1.29, 1.82) is 0 Å². The number of carbonyl (C=O) groups is 2. The number of rotatable bonds is 5. The van der Waals surface area contributed by atoms with E-state index in [9.17, 15) is 14.7 Å². The van der Waals surface area contributed by atoms with Crippen molar-refractivity contribution in [3.05, 3.63) is 70.4 Å². The predicted molar refractivity (Wildman–Crippen MR) is 113 cm³/mol. The van der Waals surface area contributed by atoms with Gasteiger partial charge in [0.15, 0.2) is 6.10 Å². The number of aromatic amines is 1. The lowest BCUT2D eigenvalue weighted by Crippen LogP contribution is -2.48. The van der Waals surface area contributed by atoms with E-state index >= 15 is 0 Å². The van der Waals surface area contributed by atoms with Crippen LogP contribution in [0.5, 0.6) is 0 Å². The molecule has 3 atom stereocenters. The van der Waals surface area contributed by atoms with Crippen LogP contribution in [0.4, 0.5) is 0 Å². The van der Waals surface area contributed by atoms with Crippen LogP contribution in [0.15, 0.2) is 48.5 Å². The van der Waals surface area contributed by atoms with E-state index in [1.807, 2.05) is 30.3 Å². The second-order valence-corrected chi connectivity index (χ2v) is 7.93. The van der Waals surface area contributed by atoms with Crippen LogP contribution in [0.25, 0.3) is 10.9 Å². The van der Waals surface area contributed by atoms with Crippen molar-refractivity contribution in [2.45, 2.75) is 24.6 Å². The van der Waals surface area contributed by atoms with Crippen LogP contribution in [-0.2, 0) is 11.2 Å². The number of nitrogens with zero attached hydrogens (tertiary/aromatic N) is 1. The third-order valence-corrected chi connectivity index (χ3v) is 5.80. The number of aromatic nitrogens is 1. The summed E-state index contributed by atoms with van der Waals surface area (Å²) in [6, 6.07) is 13.9. The van der Waals surface area contributed by atoms with Crippen molar-refractivity contribution >= 4 is 34.3 Å². The lowest BCUT2D eigenvalue weighted by atomic mass is 10.0. The molecule has 1 aliphatic rings. The van der Waals surface area contributed by atoms with Gasteiger partial charge in [0, 0.05) is 23.0 Å². The molecular weight excluding hydrogens is 406 g/mol. The number of H-pyrrole nitrogens is 1.